The summed E-state index contributed by atoms with van der Waals surface area (Å²) in [5.74, 6) is -0.593. The number of nitrogens with two attached hydrogens (primary N) is 1. The number of aryl methyl sites for hydroxylation is 1. The van der Waals surface area contributed by atoms with E-state index in [1.54, 1.807) is 18.3 Å². The fraction of sp³-hybridized carbons (Fsp3) is 0.150. The summed E-state index contributed by atoms with van der Waals surface area (Å²) in [6.07, 6.45) is 2.86. The van der Waals surface area contributed by atoms with Crippen LogP contribution in [0.2, 0.25) is 0 Å². The van der Waals surface area contributed by atoms with Crippen LogP contribution in [0.25, 0.3) is 22.5 Å². The van der Waals surface area contributed by atoms with Crippen molar-refractivity contribution in [2.75, 3.05) is 20.0 Å². The summed E-state index contributed by atoms with van der Waals surface area (Å²) in [5, 5.41) is 19.7. The number of benzene rings is 1. The number of phenolic OH excluding ortho intramolecular Hbond substituents is 1. The van der Waals surface area contributed by atoms with Gasteiger partial charge in [0.1, 0.15) is 5.69 Å². The van der Waals surface area contributed by atoms with Crippen LogP contribution < -0.4 is 15.2 Å². The first-order valence-corrected chi connectivity index (χ1v) is 8.28. The van der Waals surface area contributed by atoms with Gasteiger partial charge >= 0.3 is 5.97 Å². The second-order valence-electron chi connectivity index (χ2n) is 6.01. The van der Waals surface area contributed by atoms with Gasteiger partial charge in [-0.1, -0.05) is 0 Å². The number of carboxylic acid groups (broad SMARTS) is 1. The van der Waals surface area contributed by atoms with Crippen LogP contribution in [0.15, 0.2) is 36.7 Å². The van der Waals surface area contributed by atoms with Crippen molar-refractivity contribution in [3.8, 4) is 39.8 Å². The van der Waals surface area contributed by atoms with Gasteiger partial charge in [-0.3, -0.25) is 9.97 Å². The number of carboxylic acids is 1. The summed E-state index contributed by atoms with van der Waals surface area (Å²) >= 11 is 0. The lowest BCUT2D eigenvalue weighted by Gasteiger charge is -2.17. The number of carbonyl (C=O) groups is 1. The number of hydrogen-bond acceptors (Lipinski definition) is 7. The summed E-state index contributed by atoms with van der Waals surface area (Å²) in [6.45, 7) is 1.82. The van der Waals surface area contributed by atoms with Crippen molar-refractivity contribution in [3.05, 3.63) is 47.8 Å². The maximum Gasteiger partial charge on any atom is 0.337 e. The van der Waals surface area contributed by atoms with Gasteiger partial charge in [-0.15, -0.1) is 0 Å². The van der Waals surface area contributed by atoms with E-state index < -0.39 is 5.97 Å². The lowest BCUT2D eigenvalue weighted by Crippen LogP contribution is -2.02. The molecule has 0 bridgehead atoms. The zero-order valence-electron chi connectivity index (χ0n) is 15.6. The lowest BCUT2D eigenvalue weighted by molar-refractivity contribution is 0.0696. The number of phenols is 1. The highest BCUT2D eigenvalue weighted by molar-refractivity contribution is 5.92. The van der Waals surface area contributed by atoms with Crippen LogP contribution in [0.3, 0.4) is 0 Å². The maximum atomic E-state index is 11.0. The van der Waals surface area contributed by atoms with Gasteiger partial charge in [0.2, 0.25) is 5.75 Å². The third-order valence-corrected chi connectivity index (χ3v) is 4.35. The van der Waals surface area contributed by atoms with Crippen molar-refractivity contribution in [1.29, 1.82) is 0 Å². The number of rotatable bonds is 5. The number of pyridine rings is 2. The molecule has 3 aromatic rings. The second kappa shape index (κ2) is 7.43. The maximum absolute atomic E-state index is 11.0. The molecule has 0 aliphatic carbocycles. The first kappa shape index (κ1) is 19.0. The normalized spacial score (nSPS) is 10.5. The highest BCUT2D eigenvalue weighted by Crippen LogP contribution is 2.46. The molecule has 4 N–H and O–H groups in total. The van der Waals surface area contributed by atoms with Crippen molar-refractivity contribution in [2.45, 2.75) is 6.92 Å². The Morgan fingerprint density at radius 2 is 1.82 bits per heavy atom. The van der Waals surface area contributed by atoms with Crippen LogP contribution in [0.5, 0.6) is 17.2 Å². The zero-order valence-corrected chi connectivity index (χ0v) is 15.6. The molecular weight excluding hydrogens is 362 g/mol. The summed E-state index contributed by atoms with van der Waals surface area (Å²) in [7, 11) is 2.91. The fourth-order valence-corrected chi connectivity index (χ4v) is 2.96. The standard InChI is InChI=1S/C20H19N3O5/c1-10-8-23-17(13-6-4-11(9-22-13)20(25)26)16(21)15(10)12-5-7-14(27-2)19(28-3)18(12)24/h4-9,24H,21H2,1-3H3,(H,25,26). The van der Waals surface area contributed by atoms with Gasteiger partial charge in [0.05, 0.1) is 31.2 Å². The van der Waals surface area contributed by atoms with E-state index in [9.17, 15) is 9.90 Å². The molecule has 0 saturated carbocycles. The molecule has 0 spiro atoms. The van der Waals surface area contributed by atoms with Crippen molar-refractivity contribution < 1.29 is 24.5 Å². The number of aromatic hydroxyl groups is 1. The molecule has 0 aliphatic heterocycles. The Labute approximate surface area is 161 Å². The summed E-state index contributed by atoms with van der Waals surface area (Å²) < 4.78 is 10.5. The van der Waals surface area contributed by atoms with E-state index >= 15 is 0 Å². The number of aromatic nitrogens is 2. The van der Waals surface area contributed by atoms with E-state index in [1.807, 2.05) is 6.92 Å². The van der Waals surface area contributed by atoms with E-state index in [-0.39, 0.29) is 17.1 Å². The van der Waals surface area contributed by atoms with Gasteiger partial charge in [0.25, 0.3) is 0 Å². The van der Waals surface area contributed by atoms with Crippen LogP contribution in [-0.4, -0.2) is 40.4 Å². The van der Waals surface area contributed by atoms with E-state index in [0.29, 0.717) is 34.0 Å². The Morgan fingerprint density at radius 3 is 2.39 bits per heavy atom. The molecule has 3 rings (SSSR count). The number of nitrogen functional groups attached to an aromatic ring is 1. The molecule has 144 valence electrons. The Bertz CT molecular complexity index is 1050. The number of hydrogen-bond donors (Lipinski definition) is 3. The zero-order chi connectivity index (χ0) is 20.4. The molecule has 8 nitrogen and oxygen atoms in total. The highest BCUT2D eigenvalue weighted by Gasteiger charge is 2.21. The van der Waals surface area contributed by atoms with Crippen LogP contribution in [0, 0.1) is 6.92 Å². The van der Waals surface area contributed by atoms with Crippen molar-refractivity contribution in [2.24, 2.45) is 0 Å². The van der Waals surface area contributed by atoms with Gasteiger partial charge in [-0.25, -0.2) is 4.79 Å². The Balaban J connectivity index is 2.19. The smallest absolute Gasteiger partial charge is 0.337 e. The Kier molecular flexibility index (Phi) is 5.04. The van der Waals surface area contributed by atoms with Gasteiger partial charge in [0.15, 0.2) is 11.5 Å². The monoisotopic (exact) mass is 381 g/mol. The summed E-state index contributed by atoms with van der Waals surface area (Å²) in [5.41, 5.74) is 9.32. The van der Waals surface area contributed by atoms with Gasteiger partial charge < -0.3 is 25.4 Å². The number of anilines is 1. The first-order valence-electron chi connectivity index (χ1n) is 8.28. The summed E-state index contributed by atoms with van der Waals surface area (Å²) in [4.78, 5) is 19.5. The molecule has 1 aromatic carbocycles. The molecule has 0 atom stereocenters. The second-order valence-corrected chi connectivity index (χ2v) is 6.01. The SMILES string of the molecule is COc1ccc(-c2c(C)cnc(-c3ccc(C(=O)O)cn3)c2N)c(O)c1OC. The molecule has 2 aromatic heterocycles. The number of ether oxygens (including phenoxy) is 2. The average Bonchev–Trinajstić information content (AvgIpc) is 2.69. The molecule has 28 heavy (non-hydrogen) atoms. The fourth-order valence-electron chi connectivity index (χ4n) is 2.96. The van der Waals surface area contributed by atoms with Crippen LogP contribution >= 0.6 is 0 Å². The molecule has 0 aliphatic rings. The van der Waals surface area contributed by atoms with Crippen LogP contribution in [0.4, 0.5) is 5.69 Å². The molecule has 8 heteroatoms. The Hall–Kier alpha value is -3.81. The van der Waals surface area contributed by atoms with Crippen LogP contribution in [0.1, 0.15) is 15.9 Å². The predicted octanol–water partition coefficient (Wildman–Crippen LogP) is 3.12. The summed E-state index contributed by atoms with van der Waals surface area (Å²) in [6, 6.07) is 6.32. The van der Waals surface area contributed by atoms with Crippen molar-refractivity contribution >= 4 is 11.7 Å². The topological polar surface area (TPSA) is 128 Å². The van der Waals surface area contributed by atoms with E-state index in [2.05, 4.69) is 9.97 Å². The van der Waals surface area contributed by atoms with Gasteiger partial charge in [0, 0.05) is 23.5 Å². The number of nitrogens with zero attached hydrogens (tertiary/aromatic N) is 2. The van der Waals surface area contributed by atoms with Crippen molar-refractivity contribution in [1.82, 2.24) is 9.97 Å². The van der Waals surface area contributed by atoms with Crippen molar-refractivity contribution in [3.63, 3.8) is 0 Å². The average molecular weight is 381 g/mol. The first-order chi connectivity index (χ1) is 13.4. The Morgan fingerprint density at radius 1 is 1.07 bits per heavy atom. The molecule has 2 heterocycles. The van der Waals surface area contributed by atoms with Crippen LogP contribution in [-0.2, 0) is 0 Å². The predicted molar refractivity (Wildman–Crippen MR) is 104 cm³/mol. The number of methoxy groups -OCH3 is 2. The largest absolute Gasteiger partial charge is 0.504 e. The third-order valence-electron chi connectivity index (χ3n) is 4.35. The highest BCUT2D eigenvalue weighted by atomic mass is 16.5. The van der Waals surface area contributed by atoms with E-state index in [0.717, 1.165) is 5.56 Å². The molecule has 0 radical (unpaired) electrons. The minimum Gasteiger partial charge on any atom is -0.504 e. The van der Waals surface area contributed by atoms with Gasteiger partial charge in [-0.05, 0) is 36.8 Å². The third kappa shape index (κ3) is 3.16. The van der Waals surface area contributed by atoms with E-state index in [1.165, 1.54) is 32.5 Å². The molecule has 0 fully saturated rings. The van der Waals surface area contributed by atoms with Gasteiger partial charge in [-0.2, -0.15) is 0 Å². The molecule has 0 saturated heterocycles. The van der Waals surface area contributed by atoms with E-state index in [4.69, 9.17) is 20.3 Å². The molecule has 0 amide bonds. The molecular formula is C20H19N3O5. The lowest BCUT2D eigenvalue weighted by atomic mass is 9.96. The minimum absolute atomic E-state index is 0.0622. The minimum atomic E-state index is -1.07. The quantitative estimate of drug-likeness (QED) is 0.615. The molecule has 0 unspecified atom stereocenters. The number of aromatic carboxylic acids is 1.